The van der Waals surface area contributed by atoms with Gasteiger partial charge in [-0.15, -0.1) is 0 Å². The summed E-state index contributed by atoms with van der Waals surface area (Å²) in [4.78, 5) is 42.3. The monoisotopic (exact) mass is 543 g/mol. The molecule has 0 bridgehead atoms. The smallest absolute Gasteiger partial charge is 0.248 e. The first-order chi connectivity index (χ1) is 18.7. The van der Waals surface area contributed by atoms with Crippen LogP contribution < -0.4 is 38.3 Å². The molecule has 216 valence electrons. The molecule has 0 radical (unpaired) electrons. The number of ether oxygens (including phenoxy) is 1. The van der Waals surface area contributed by atoms with Gasteiger partial charge < -0.3 is 38.3 Å². The highest BCUT2D eigenvalue weighted by Crippen LogP contribution is 2.32. The number of primary amides is 1. The molecule has 1 aromatic carbocycles. The zero-order chi connectivity index (χ0) is 28.2. The maximum atomic E-state index is 13.6. The van der Waals surface area contributed by atoms with Gasteiger partial charge in [0.15, 0.2) is 5.96 Å². The van der Waals surface area contributed by atoms with E-state index in [4.69, 9.17) is 27.7 Å². The fraction of sp³-hybridized carbons (Fsp3) is 0.643. The minimum Gasteiger partial charge on any atom is -0.488 e. The van der Waals surface area contributed by atoms with Gasteiger partial charge in [-0.3, -0.25) is 19.4 Å². The Labute approximate surface area is 230 Å². The van der Waals surface area contributed by atoms with E-state index in [-0.39, 0.29) is 18.0 Å². The van der Waals surface area contributed by atoms with Crippen LogP contribution in [0.25, 0.3) is 0 Å². The van der Waals surface area contributed by atoms with Gasteiger partial charge in [0.25, 0.3) is 0 Å². The number of rotatable bonds is 13. The van der Waals surface area contributed by atoms with Crippen molar-refractivity contribution in [2.75, 3.05) is 11.9 Å². The lowest BCUT2D eigenvalue weighted by Gasteiger charge is -2.28. The number of hydrogen-bond acceptors (Lipinski definition) is 6. The number of aliphatic imine (C=N–C) groups is 1. The van der Waals surface area contributed by atoms with Gasteiger partial charge in [0.2, 0.25) is 17.7 Å². The lowest BCUT2D eigenvalue weighted by molar-refractivity contribution is -0.127. The van der Waals surface area contributed by atoms with E-state index < -0.39 is 23.9 Å². The van der Waals surface area contributed by atoms with E-state index in [1.165, 1.54) is 12.8 Å². The fourth-order valence-corrected chi connectivity index (χ4v) is 5.38. The van der Waals surface area contributed by atoms with E-state index in [0.29, 0.717) is 48.7 Å². The largest absolute Gasteiger partial charge is 0.488 e. The Bertz CT molecular complexity index is 1000. The van der Waals surface area contributed by atoms with Crippen molar-refractivity contribution in [1.29, 1.82) is 0 Å². The number of hydrogen-bond donors (Lipinski definition) is 6. The minimum absolute atomic E-state index is 0.00654. The van der Waals surface area contributed by atoms with Crippen LogP contribution in [0.5, 0.6) is 5.75 Å². The molecule has 0 unspecified atom stereocenters. The third-order valence-electron chi connectivity index (χ3n) is 7.60. The predicted molar refractivity (Wildman–Crippen MR) is 152 cm³/mol. The standard InChI is InChI=1S/C28H45N7O4/c29-21(12-7-15-33-28(31)32)26(37)35-23(16-18-8-3-1-4-9-18)27(38)34-22-14-13-19(25(30)36)17-24(22)39-20-10-5-2-6-11-20/h13-14,17-18,20-21,23H,1-12,15-16,29H2,(H2,30,36)(H,34,38)(H,35,37)(H4,31,32,33)/t21-,23-/m0/s1. The summed E-state index contributed by atoms with van der Waals surface area (Å²) in [5.74, 6) is -0.570. The summed E-state index contributed by atoms with van der Waals surface area (Å²) in [6.07, 6.45) is 12.1. The van der Waals surface area contributed by atoms with Crippen molar-refractivity contribution >= 4 is 29.4 Å². The molecular formula is C28H45N7O4. The molecular weight excluding hydrogens is 498 g/mol. The van der Waals surface area contributed by atoms with Crippen molar-refractivity contribution in [1.82, 2.24) is 5.32 Å². The number of nitrogens with one attached hydrogen (secondary N) is 2. The Morgan fingerprint density at radius 1 is 0.949 bits per heavy atom. The number of anilines is 1. The first kappa shape index (κ1) is 30.2. The molecule has 1 aromatic rings. The van der Waals surface area contributed by atoms with Crippen LogP contribution in [-0.2, 0) is 9.59 Å². The Morgan fingerprint density at radius 3 is 2.26 bits per heavy atom. The molecule has 39 heavy (non-hydrogen) atoms. The Balaban J connectivity index is 1.73. The van der Waals surface area contributed by atoms with E-state index >= 15 is 0 Å². The summed E-state index contributed by atoms with van der Waals surface area (Å²) in [5.41, 5.74) is 23.1. The van der Waals surface area contributed by atoms with E-state index in [9.17, 15) is 14.4 Å². The molecule has 0 aromatic heterocycles. The van der Waals surface area contributed by atoms with Crippen molar-refractivity contribution in [3.05, 3.63) is 23.8 Å². The summed E-state index contributed by atoms with van der Waals surface area (Å²) in [6, 6.07) is 3.22. The minimum atomic E-state index is -0.791. The molecule has 0 heterocycles. The van der Waals surface area contributed by atoms with Crippen LogP contribution in [0.3, 0.4) is 0 Å². The molecule has 3 amide bonds. The van der Waals surface area contributed by atoms with Crippen LogP contribution in [0.4, 0.5) is 5.69 Å². The fourth-order valence-electron chi connectivity index (χ4n) is 5.38. The molecule has 2 aliphatic rings. The molecule has 3 rings (SSSR count). The van der Waals surface area contributed by atoms with Gasteiger partial charge >= 0.3 is 0 Å². The molecule has 2 atom stereocenters. The van der Waals surface area contributed by atoms with Crippen LogP contribution in [-0.4, -0.2) is 48.4 Å². The molecule has 11 heteroatoms. The SMILES string of the molecule is NC(=O)c1ccc(NC(=O)[C@H](CC2CCCCC2)NC(=O)[C@@H](N)CCCN=C(N)N)c(OC2CCCCC2)c1. The van der Waals surface area contributed by atoms with Crippen LogP contribution in [0.1, 0.15) is 93.8 Å². The molecule has 11 nitrogen and oxygen atoms in total. The van der Waals surface area contributed by atoms with Crippen molar-refractivity contribution in [3.8, 4) is 5.75 Å². The number of guanidine groups is 1. The average Bonchev–Trinajstić information content (AvgIpc) is 2.92. The Morgan fingerprint density at radius 2 is 1.62 bits per heavy atom. The lowest BCUT2D eigenvalue weighted by Crippen LogP contribution is -2.50. The van der Waals surface area contributed by atoms with Crippen LogP contribution >= 0.6 is 0 Å². The molecule has 10 N–H and O–H groups in total. The van der Waals surface area contributed by atoms with Gasteiger partial charge in [-0.25, -0.2) is 0 Å². The lowest BCUT2D eigenvalue weighted by atomic mass is 9.84. The van der Waals surface area contributed by atoms with Crippen molar-refractivity contribution in [3.63, 3.8) is 0 Å². The second kappa shape index (κ2) is 15.3. The van der Waals surface area contributed by atoms with Crippen molar-refractivity contribution in [2.24, 2.45) is 33.8 Å². The second-order valence-electron chi connectivity index (χ2n) is 10.8. The summed E-state index contributed by atoms with van der Waals surface area (Å²) in [7, 11) is 0. The Kier molecular flexibility index (Phi) is 11.9. The average molecular weight is 544 g/mol. The molecule has 0 aliphatic heterocycles. The van der Waals surface area contributed by atoms with Gasteiger partial charge in [0.05, 0.1) is 17.8 Å². The zero-order valence-corrected chi connectivity index (χ0v) is 22.8. The van der Waals surface area contributed by atoms with Crippen molar-refractivity contribution in [2.45, 2.75) is 102 Å². The maximum Gasteiger partial charge on any atom is 0.248 e. The van der Waals surface area contributed by atoms with Gasteiger partial charge in [0.1, 0.15) is 11.8 Å². The predicted octanol–water partition coefficient (Wildman–Crippen LogP) is 2.27. The van der Waals surface area contributed by atoms with Gasteiger partial charge in [-0.2, -0.15) is 0 Å². The normalized spacial score (nSPS) is 18.0. The first-order valence-corrected chi connectivity index (χ1v) is 14.3. The summed E-state index contributed by atoms with van der Waals surface area (Å²) in [6.45, 7) is 0.375. The number of carbonyl (C=O) groups excluding carboxylic acids is 3. The highest BCUT2D eigenvalue weighted by atomic mass is 16.5. The van der Waals surface area contributed by atoms with Crippen LogP contribution in [0, 0.1) is 5.92 Å². The van der Waals surface area contributed by atoms with Crippen LogP contribution in [0.2, 0.25) is 0 Å². The third-order valence-corrected chi connectivity index (χ3v) is 7.60. The summed E-state index contributed by atoms with van der Waals surface area (Å²) >= 11 is 0. The van der Waals surface area contributed by atoms with Crippen molar-refractivity contribution < 1.29 is 19.1 Å². The number of carbonyl (C=O) groups is 3. The van der Waals surface area contributed by atoms with E-state index in [2.05, 4.69) is 15.6 Å². The number of nitrogens with two attached hydrogens (primary N) is 4. The molecule has 2 saturated carbocycles. The second-order valence-corrected chi connectivity index (χ2v) is 10.8. The summed E-state index contributed by atoms with van der Waals surface area (Å²) < 4.78 is 6.24. The zero-order valence-electron chi connectivity index (χ0n) is 22.8. The maximum absolute atomic E-state index is 13.6. The van der Waals surface area contributed by atoms with E-state index in [1.54, 1.807) is 18.2 Å². The highest BCUT2D eigenvalue weighted by molar-refractivity contribution is 6.00. The van der Waals surface area contributed by atoms with Gasteiger partial charge in [0, 0.05) is 12.1 Å². The third kappa shape index (κ3) is 10.0. The number of benzene rings is 1. The molecule has 2 fully saturated rings. The topological polar surface area (TPSA) is 201 Å². The first-order valence-electron chi connectivity index (χ1n) is 14.3. The van der Waals surface area contributed by atoms with Gasteiger partial charge in [-0.1, -0.05) is 38.5 Å². The highest BCUT2D eigenvalue weighted by Gasteiger charge is 2.29. The number of amides is 3. The van der Waals surface area contributed by atoms with Crippen LogP contribution in [0.15, 0.2) is 23.2 Å². The van der Waals surface area contributed by atoms with E-state index in [1.807, 2.05) is 0 Å². The molecule has 0 spiro atoms. The molecule has 0 saturated heterocycles. The Hall–Kier alpha value is -3.34. The molecule has 2 aliphatic carbocycles. The summed E-state index contributed by atoms with van der Waals surface area (Å²) in [5, 5.41) is 5.84. The van der Waals surface area contributed by atoms with E-state index in [0.717, 1.165) is 51.4 Å². The number of nitrogens with zero attached hydrogens (tertiary/aromatic N) is 1. The van der Waals surface area contributed by atoms with Gasteiger partial charge in [-0.05, 0) is 69.1 Å². The quantitative estimate of drug-likeness (QED) is 0.124.